The first-order valence-electron chi connectivity index (χ1n) is 1.82. The standard InChI is InChI=1S/C4H5B.Li/c1-2-4-5-3-1;/h1-5H;. The van der Waals surface area contributed by atoms with Gasteiger partial charge in [0.15, 0.2) is 7.28 Å². The maximum atomic E-state index is 2.12. The fourth-order valence-corrected chi connectivity index (χ4v) is 0.393. The SMILES string of the molecule is B1C=CC=C1.[Li]. The van der Waals surface area contributed by atoms with Gasteiger partial charge in [-0.3, -0.25) is 0 Å². The summed E-state index contributed by atoms with van der Waals surface area (Å²) in [4.78, 5) is 0. The van der Waals surface area contributed by atoms with Crippen LogP contribution in [0.2, 0.25) is 0 Å². The number of hydrogen-bond acceptors (Lipinski definition) is 0. The quantitative estimate of drug-likeness (QED) is 0.355. The Balaban J connectivity index is 0.000000250. The van der Waals surface area contributed by atoms with Crippen molar-refractivity contribution in [1.29, 1.82) is 0 Å². The van der Waals surface area contributed by atoms with Crippen molar-refractivity contribution in [2.75, 3.05) is 0 Å². The average Bonchev–Trinajstić information content (AvgIpc) is 1.76. The molecule has 0 bridgehead atoms. The molecular formula is C4H5BLi. The second-order valence-corrected chi connectivity index (χ2v) is 1.09. The van der Waals surface area contributed by atoms with Crippen LogP contribution in [0.1, 0.15) is 0 Å². The van der Waals surface area contributed by atoms with Gasteiger partial charge in [-0.2, -0.15) is 0 Å². The topological polar surface area (TPSA) is 0 Å². The van der Waals surface area contributed by atoms with Crippen LogP contribution < -0.4 is 0 Å². The molecule has 1 aliphatic rings. The second kappa shape index (κ2) is 3.34. The number of hydrogen-bond donors (Lipinski definition) is 0. The molecule has 6 heavy (non-hydrogen) atoms. The van der Waals surface area contributed by atoms with E-state index in [1.165, 1.54) is 0 Å². The van der Waals surface area contributed by atoms with Crippen LogP contribution in [0.15, 0.2) is 24.1 Å². The molecule has 0 fully saturated rings. The van der Waals surface area contributed by atoms with Crippen LogP contribution in [0.5, 0.6) is 0 Å². The van der Waals surface area contributed by atoms with Gasteiger partial charge >= 0.3 is 0 Å². The predicted octanol–water partition coefficient (Wildman–Crippen LogP) is 0.0831. The van der Waals surface area contributed by atoms with E-state index < -0.39 is 0 Å². The fraction of sp³-hybridized carbons (Fsp3) is 0. The predicted molar refractivity (Wildman–Crippen MR) is 31.2 cm³/mol. The number of rotatable bonds is 0. The Kier molecular flexibility index (Phi) is 3.42. The van der Waals surface area contributed by atoms with Gasteiger partial charge in [0, 0.05) is 18.9 Å². The molecule has 0 aromatic carbocycles. The summed E-state index contributed by atoms with van der Waals surface area (Å²) in [5.74, 6) is 4.25. The molecule has 25 valence electrons. The minimum absolute atomic E-state index is 0. The van der Waals surface area contributed by atoms with E-state index in [1.807, 2.05) is 0 Å². The molecule has 0 aromatic heterocycles. The zero-order valence-corrected chi connectivity index (χ0v) is 4.02. The first-order chi connectivity index (χ1) is 2.50. The second-order valence-electron chi connectivity index (χ2n) is 1.09. The van der Waals surface area contributed by atoms with Crippen molar-refractivity contribution in [3.05, 3.63) is 24.1 Å². The van der Waals surface area contributed by atoms with Gasteiger partial charge in [0.25, 0.3) is 0 Å². The van der Waals surface area contributed by atoms with Crippen LogP contribution in [0.4, 0.5) is 0 Å². The van der Waals surface area contributed by atoms with Gasteiger partial charge in [-0.05, 0) is 0 Å². The van der Waals surface area contributed by atoms with Gasteiger partial charge < -0.3 is 0 Å². The summed E-state index contributed by atoms with van der Waals surface area (Å²) in [7, 11) is 1.14. The van der Waals surface area contributed by atoms with Gasteiger partial charge in [0.1, 0.15) is 0 Å². The van der Waals surface area contributed by atoms with E-state index in [0.29, 0.717) is 0 Å². The number of allylic oxidation sites excluding steroid dienone is 2. The van der Waals surface area contributed by atoms with Crippen LogP contribution in [0, 0.1) is 0 Å². The van der Waals surface area contributed by atoms with Gasteiger partial charge in [0.2, 0.25) is 0 Å². The summed E-state index contributed by atoms with van der Waals surface area (Å²) < 4.78 is 0. The minimum Gasteiger partial charge on any atom is -0.114 e. The molecule has 1 radical (unpaired) electrons. The molecule has 0 aromatic rings. The van der Waals surface area contributed by atoms with Crippen molar-refractivity contribution in [3.63, 3.8) is 0 Å². The first-order valence-corrected chi connectivity index (χ1v) is 1.82. The third-order valence-corrected chi connectivity index (χ3v) is 0.655. The van der Waals surface area contributed by atoms with E-state index >= 15 is 0 Å². The molecule has 0 aliphatic carbocycles. The Morgan fingerprint density at radius 3 is 1.67 bits per heavy atom. The van der Waals surface area contributed by atoms with Crippen molar-refractivity contribution < 1.29 is 0 Å². The monoisotopic (exact) mass is 71.1 g/mol. The van der Waals surface area contributed by atoms with Gasteiger partial charge in [-0.1, -0.05) is 12.2 Å². The van der Waals surface area contributed by atoms with Crippen molar-refractivity contribution in [3.8, 4) is 0 Å². The van der Waals surface area contributed by atoms with Crippen LogP contribution in [-0.2, 0) is 0 Å². The molecule has 0 saturated heterocycles. The molecule has 0 nitrogen and oxygen atoms in total. The van der Waals surface area contributed by atoms with E-state index in [9.17, 15) is 0 Å². The molecular weight excluding hydrogens is 65.8 g/mol. The summed E-state index contributed by atoms with van der Waals surface area (Å²) in [6, 6.07) is 0. The summed E-state index contributed by atoms with van der Waals surface area (Å²) in [6.07, 6.45) is 4.11. The maximum Gasteiger partial charge on any atom is 0.173 e. The molecule has 2 heteroatoms. The Hall–Kier alpha value is 0.142. The summed E-state index contributed by atoms with van der Waals surface area (Å²) in [6.45, 7) is 0. The van der Waals surface area contributed by atoms with E-state index in [1.54, 1.807) is 0 Å². The fourth-order valence-electron chi connectivity index (χ4n) is 0.393. The van der Waals surface area contributed by atoms with Gasteiger partial charge in [0.05, 0.1) is 0 Å². The Bertz CT molecular complexity index is 65.6. The van der Waals surface area contributed by atoms with Crippen molar-refractivity contribution >= 4 is 26.1 Å². The minimum atomic E-state index is 0. The Morgan fingerprint density at radius 1 is 1.00 bits per heavy atom. The molecule has 0 unspecified atom stereocenters. The van der Waals surface area contributed by atoms with Crippen molar-refractivity contribution in [1.82, 2.24) is 0 Å². The maximum absolute atomic E-state index is 2.12. The third kappa shape index (κ3) is 1.55. The van der Waals surface area contributed by atoms with Crippen LogP contribution in [0.3, 0.4) is 0 Å². The Labute approximate surface area is 50.7 Å². The zero-order chi connectivity index (χ0) is 3.54. The molecule has 0 N–H and O–H groups in total. The summed E-state index contributed by atoms with van der Waals surface area (Å²) in [5, 5.41) is 0. The summed E-state index contributed by atoms with van der Waals surface area (Å²) >= 11 is 0. The van der Waals surface area contributed by atoms with E-state index in [0.717, 1.165) is 7.28 Å². The van der Waals surface area contributed by atoms with Gasteiger partial charge in [-0.15, -0.1) is 12.0 Å². The molecule has 0 atom stereocenters. The molecule has 0 saturated carbocycles. The van der Waals surface area contributed by atoms with Crippen LogP contribution in [-0.4, -0.2) is 26.1 Å². The Morgan fingerprint density at radius 2 is 1.50 bits per heavy atom. The molecule has 1 aliphatic heterocycles. The van der Waals surface area contributed by atoms with Crippen LogP contribution >= 0.6 is 0 Å². The normalized spacial score (nSPS) is 13.3. The first kappa shape index (κ1) is 6.14. The smallest absolute Gasteiger partial charge is 0.114 e. The van der Waals surface area contributed by atoms with E-state index in [2.05, 4.69) is 24.1 Å². The largest absolute Gasteiger partial charge is 0.173 e. The van der Waals surface area contributed by atoms with E-state index in [-0.39, 0.29) is 18.9 Å². The molecule has 1 heterocycles. The van der Waals surface area contributed by atoms with Crippen LogP contribution in [0.25, 0.3) is 0 Å². The van der Waals surface area contributed by atoms with E-state index in [4.69, 9.17) is 0 Å². The van der Waals surface area contributed by atoms with Crippen molar-refractivity contribution in [2.24, 2.45) is 0 Å². The van der Waals surface area contributed by atoms with Crippen molar-refractivity contribution in [2.45, 2.75) is 0 Å². The third-order valence-electron chi connectivity index (χ3n) is 0.655. The molecule has 0 amide bonds. The van der Waals surface area contributed by atoms with Gasteiger partial charge in [-0.25, -0.2) is 0 Å². The summed E-state index contributed by atoms with van der Waals surface area (Å²) in [5.41, 5.74) is 0. The molecule has 1 rings (SSSR count). The zero-order valence-electron chi connectivity index (χ0n) is 4.02. The average molecular weight is 70.8 g/mol. The molecule has 0 spiro atoms.